The van der Waals surface area contributed by atoms with E-state index in [1.807, 2.05) is 25.1 Å². The number of hydrogen-bond acceptors (Lipinski definition) is 6. The summed E-state index contributed by atoms with van der Waals surface area (Å²) < 4.78 is 24.0. The van der Waals surface area contributed by atoms with Crippen molar-refractivity contribution in [3.63, 3.8) is 0 Å². The fourth-order valence-electron chi connectivity index (χ4n) is 6.12. The van der Waals surface area contributed by atoms with Crippen LogP contribution in [0.2, 0.25) is 0 Å². The Morgan fingerprint density at radius 3 is 2.56 bits per heavy atom. The van der Waals surface area contributed by atoms with Gasteiger partial charge in [0, 0.05) is 26.2 Å². The fourth-order valence-corrected chi connectivity index (χ4v) is 6.97. The predicted octanol–water partition coefficient (Wildman–Crippen LogP) is 4.95. The molecule has 2 unspecified atom stereocenters. The number of nitriles is 1. The van der Waals surface area contributed by atoms with Crippen LogP contribution in [0.1, 0.15) is 68.6 Å². The van der Waals surface area contributed by atoms with E-state index >= 15 is 0 Å². The SMILES string of the molecule is CC1(N(c2ccc(C(=O)Nc3cccc(N4CCCC(C#N)C4)n3)c(N3CCC4(CC3)CC4)c2)S(=O)O)CC1. The van der Waals surface area contributed by atoms with Gasteiger partial charge in [-0.3, -0.25) is 13.7 Å². The molecule has 2 aliphatic heterocycles. The fraction of sp³-hybridized carbons (Fsp3) is 0.552. The second-order valence-electron chi connectivity index (χ2n) is 12.0. The van der Waals surface area contributed by atoms with E-state index in [1.165, 1.54) is 12.8 Å². The van der Waals surface area contributed by atoms with E-state index in [9.17, 15) is 18.8 Å². The maximum atomic E-state index is 13.7. The topological polar surface area (TPSA) is 113 Å². The Balaban J connectivity index is 1.27. The molecule has 1 amide bonds. The van der Waals surface area contributed by atoms with E-state index < -0.39 is 11.3 Å². The number of nitrogens with one attached hydrogen (secondary N) is 1. The van der Waals surface area contributed by atoms with Gasteiger partial charge in [-0.05, 0) is 94.0 Å². The molecule has 2 saturated heterocycles. The number of nitrogens with zero attached hydrogens (tertiary/aromatic N) is 5. The van der Waals surface area contributed by atoms with E-state index in [1.54, 1.807) is 22.5 Å². The molecule has 10 heteroatoms. The summed E-state index contributed by atoms with van der Waals surface area (Å²) in [5, 5.41) is 12.4. The maximum Gasteiger partial charge on any atom is 0.262 e. The van der Waals surface area contributed by atoms with Crippen molar-refractivity contribution in [3.8, 4) is 6.07 Å². The summed E-state index contributed by atoms with van der Waals surface area (Å²) in [4.78, 5) is 22.7. The Bertz CT molecular complexity index is 1320. The van der Waals surface area contributed by atoms with Gasteiger partial charge in [-0.2, -0.15) is 5.26 Å². The lowest BCUT2D eigenvalue weighted by Gasteiger charge is -2.36. The summed E-state index contributed by atoms with van der Waals surface area (Å²) in [7, 11) is 0. The lowest BCUT2D eigenvalue weighted by molar-refractivity contribution is 0.102. The van der Waals surface area contributed by atoms with Crippen LogP contribution in [-0.2, 0) is 11.3 Å². The predicted molar refractivity (Wildman–Crippen MR) is 153 cm³/mol. The molecule has 2 aromatic rings. The first-order valence-corrected chi connectivity index (χ1v) is 15.1. The van der Waals surface area contributed by atoms with Crippen molar-refractivity contribution >= 4 is 40.2 Å². The molecule has 9 nitrogen and oxygen atoms in total. The number of aromatic nitrogens is 1. The number of carbonyl (C=O) groups excluding carboxylic acids is 1. The van der Waals surface area contributed by atoms with Crippen molar-refractivity contribution in [2.75, 3.05) is 45.6 Å². The molecule has 4 fully saturated rings. The van der Waals surface area contributed by atoms with Crippen LogP contribution in [-0.4, -0.2) is 51.4 Å². The van der Waals surface area contributed by atoms with Gasteiger partial charge in [0.05, 0.1) is 34.5 Å². The van der Waals surface area contributed by atoms with E-state index in [0.717, 1.165) is 69.7 Å². The minimum Gasteiger partial charge on any atom is -0.371 e. The number of piperidine rings is 2. The largest absolute Gasteiger partial charge is 0.371 e. The van der Waals surface area contributed by atoms with Gasteiger partial charge in [0.25, 0.3) is 17.2 Å². The van der Waals surface area contributed by atoms with Crippen molar-refractivity contribution in [2.24, 2.45) is 11.3 Å². The normalized spacial score (nSPS) is 23.6. The zero-order valence-electron chi connectivity index (χ0n) is 22.4. The number of hydrogen-bond donors (Lipinski definition) is 2. The van der Waals surface area contributed by atoms with Crippen LogP contribution in [0.15, 0.2) is 36.4 Å². The first-order valence-electron chi connectivity index (χ1n) is 14.0. The molecule has 206 valence electrons. The Morgan fingerprint density at radius 2 is 1.90 bits per heavy atom. The summed E-state index contributed by atoms with van der Waals surface area (Å²) >= 11 is -2.15. The summed E-state index contributed by atoms with van der Waals surface area (Å²) in [5.74, 6) is 0.958. The summed E-state index contributed by atoms with van der Waals surface area (Å²) in [5.41, 5.74) is 2.13. The zero-order valence-corrected chi connectivity index (χ0v) is 23.3. The van der Waals surface area contributed by atoms with Crippen LogP contribution in [0.5, 0.6) is 0 Å². The van der Waals surface area contributed by atoms with Gasteiger partial charge in [-0.25, -0.2) is 9.19 Å². The number of benzene rings is 1. The molecule has 6 rings (SSSR count). The van der Waals surface area contributed by atoms with E-state index in [4.69, 9.17) is 4.98 Å². The van der Waals surface area contributed by atoms with Gasteiger partial charge < -0.3 is 15.1 Å². The first kappa shape index (κ1) is 26.1. The van der Waals surface area contributed by atoms with Gasteiger partial charge in [0.1, 0.15) is 11.6 Å². The Kier molecular flexibility index (Phi) is 6.76. The van der Waals surface area contributed by atoms with Crippen LogP contribution in [0.4, 0.5) is 23.0 Å². The molecule has 2 atom stereocenters. The molecule has 3 heterocycles. The Morgan fingerprint density at radius 1 is 1.13 bits per heavy atom. The van der Waals surface area contributed by atoms with Gasteiger partial charge >= 0.3 is 0 Å². The number of anilines is 4. The summed E-state index contributed by atoms with van der Waals surface area (Å²) in [6, 6.07) is 13.4. The van der Waals surface area contributed by atoms with Crippen molar-refractivity contribution in [1.29, 1.82) is 5.26 Å². The standard InChI is InChI=1S/C29H36N6O3S/c1-28(9-10-28)35(39(37)38)22-7-8-23(24(18-22)33-16-13-29(11-12-29)14-17-33)27(36)32-25-5-2-6-26(31-25)34-15-3-4-21(19-30)20-34/h2,5-8,18,21H,3-4,9-17,20H2,1H3,(H,37,38)(H,31,32,36). The average Bonchev–Trinajstić information content (AvgIpc) is 3.88. The monoisotopic (exact) mass is 548 g/mol. The molecule has 2 aliphatic carbocycles. The van der Waals surface area contributed by atoms with Gasteiger partial charge in [-0.1, -0.05) is 6.07 Å². The highest BCUT2D eigenvalue weighted by molar-refractivity contribution is 7.80. The molecule has 39 heavy (non-hydrogen) atoms. The lowest BCUT2D eigenvalue weighted by Crippen LogP contribution is -2.38. The second kappa shape index (κ2) is 10.1. The van der Waals surface area contributed by atoms with Crippen molar-refractivity contribution in [3.05, 3.63) is 42.0 Å². The van der Waals surface area contributed by atoms with Crippen LogP contribution in [0, 0.1) is 22.7 Å². The molecule has 1 aromatic heterocycles. The minimum absolute atomic E-state index is 0.00935. The molecule has 0 radical (unpaired) electrons. The number of pyridine rings is 1. The van der Waals surface area contributed by atoms with Crippen LogP contribution in [0.25, 0.3) is 0 Å². The van der Waals surface area contributed by atoms with E-state index in [0.29, 0.717) is 29.0 Å². The Labute approximate surface area is 232 Å². The van der Waals surface area contributed by atoms with Crippen LogP contribution < -0.4 is 19.4 Å². The molecule has 2 saturated carbocycles. The van der Waals surface area contributed by atoms with Crippen molar-refractivity contribution in [2.45, 2.75) is 63.8 Å². The summed E-state index contributed by atoms with van der Waals surface area (Å²) in [6.45, 7) is 5.22. The van der Waals surface area contributed by atoms with Crippen LogP contribution in [0.3, 0.4) is 0 Å². The van der Waals surface area contributed by atoms with Gasteiger partial charge in [0.15, 0.2) is 0 Å². The quantitative estimate of drug-likeness (QED) is 0.471. The zero-order chi connectivity index (χ0) is 27.2. The van der Waals surface area contributed by atoms with Gasteiger partial charge in [0.2, 0.25) is 0 Å². The van der Waals surface area contributed by atoms with E-state index in [-0.39, 0.29) is 17.4 Å². The Hall–Kier alpha value is -3.16. The third-order valence-electron chi connectivity index (χ3n) is 9.11. The molecular formula is C29H36N6O3S. The number of rotatable bonds is 7. The summed E-state index contributed by atoms with van der Waals surface area (Å²) in [6.07, 6.45) is 8.35. The molecular weight excluding hydrogens is 512 g/mol. The third kappa shape index (κ3) is 5.35. The highest BCUT2D eigenvalue weighted by Gasteiger charge is 2.47. The number of carbonyl (C=O) groups is 1. The molecule has 2 N–H and O–H groups in total. The maximum absolute atomic E-state index is 13.7. The van der Waals surface area contributed by atoms with Gasteiger partial charge in [-0.15, -0.1) is 0 Å². The highest BCUT2D eigenvalue weighted by Crippen LogP contribution is 2.54. The smallest absolute Gasteiger partial charge is 0.262 e. The third-order valence-corrected chi connectivity index (χ3v) is 10.1. The second-order valence-corrected chi connectivity index (χ2v) is 12.8. The molecule has 4 aliphatic rings. The number of amides is 1. The van der Waals surface area contributed by atoms with Crippen molar-refractivity contribution in [1.82, 2.24) is 4.98 Å². The average molecular weight is 549 g/mol. The highest BCUT2D eigenvalue weighted by atomic mass is 32.2. The van der Waals surface area contributed by atoms with Crippen LogP contribution >= 0.6 is 0 Å². The molecule has 1 aromatic carbocycles. The first-order chi connectivity index (χ1) is 18.8. The minimum atomic E-state index is -2.15. The lowest BCUT2D eigenvalue weighted by atomic mass is 9.93. The van der Waals surface area contributed by atoms with Crippen molar-refractivity contribution < 1.29 is 13.6 Å². The molecule has 1 spiro atoms. The molecule has 0 bridgehead atoms. The van der Waals surface area contributed by atoms with E-state index in [2.05, 4.69) is 21.2 Å².